The zero-order valence-electron chi connectivity index (χ0n) is 11.8. The molecule has 0 heterocycles. The van der Waals surface area contributed by atoms with E-state index >= 15 is 0 Å². The standard InChI is InChI=1S/C14H21FN4O/c1-10(2)19-14(16)18-7-6-17-13(20)9-11-4-3-5-12(15)8-11/h3-5,8,10H,6-7,9H2,1-2H3,(H,17,20)(H3,16,18,19). The van der Waals surface area contributed by atoms with Crippen molar-refractivity contribution >= 4 is 11.9 Å². The van der Waals surface area contributed by atoms with Crippen LogP contribution in [0.3, 0.4) is 0 Å². The summed E-state index contributed by atoms with van der Waals surface area (Å²) in [7, 11) is 0. The molecular weight excluding hydrogens is 259 g/mol. The van der Waals surface area contributed by atoms with Gasteiger partial charge in [0.2, 0.25) is 5.91 Å². The van der Waals surface area contributed by atoms with Gasteiger partial charge < -0.3 is 16.4 Å². The number of rotatable bonds is 6. The van der Waals surface area contributed by atoms with E-state index in [0.717, 1.165) is 0 Å². The van der Waals surface area contributed by atoms with Crippen molar-refractivity contribution in [3.8, 4) is 0 Å². The summed E-state index contributed by atoms with van der Waals surface area (Å²) < 4.78 is 12.9. The molecule has 1 aromatic carbocycles. The Labute approximate surface area is 118 Å². The molecule has 0 unspecified atom stereocenters. The molecule has 4 N–H and O–H groups in total. The fourth-order valence-corrected chi connectivity index (χ4v) is 1.61. The van der Waals surface area contributed by atoms with Crippen LogP contribution < -0.4 is 16.4 Å². The molecule has 0 aliphatic carbocycles. The Bertz CT molecular complexity index is 474. The molecule has 0 spiro atoms. The maximum atomic E-state index is 12.9. The summed E-state index contributed by atoms with van der Waals surface area (Å²) in [6.07, 6.45) is 0.154. The molecule has 6 heteroatoms. The van der Waals surface area contributed by atoms with Crippen LogP contribution in [-0.2, 0) is 11.2 Å². The SMILES string of the molecule is CC(C)NC(N)=NCCNC(=O)Cc1cccc(F)c1. The van der Waals surface area contributed by atoms with Gasteiger partial charge in [-0.1, -0.05) is 12.1 Å². The number of guanidine groups is 1. The van der Waals surface area contributed by atoms with Gasteiger partial charge in [-0.25, -0.2) is 4.39 Å². The highest BCUT2D eigenvalue weighted by molar-refractivity contribution is 5.79. The van der Waals surface area contributed by atoms with E-state index in [9.17, 15) is 9.18 Å². The number of hydrogen-bond donors (Lipinski definition) is 3. The number of nitrogens with two attached hydrogens (primary N) is 1. The molecule has 0 saturated heterocycles. The van der Waals surface area contributed by atoms with Crippen molar-refractivity contribution in [3.05, 3.63) is 35.6 Å². The van der Waals surface area contributed by atoms with Gasteiger partial charge in [0.05, 0.1) is 13.0 Å². The summed E-state index contributed by atoms with van der Waals surface area (Å²) in [5, 5.41) is 5.66. The number of benzene rings is 1. The number of carbonyl (C=O) groups excluding carboxylic acids is 1. The zero-order chi connectivity index (χ0) is 15.0. The number of nitrogens with zero attached hydrogens (tertiary/aromatic N) is 1. The molecule has 0 bridgehead atoms. The first-order valence-electron chi connectivity index (χ1n) is 6.55. The molecular formula is C14H21FN4O. The van der Waals surface area contributed by atoms with Gasteiger partial charge in [-0.2, -0.15) is 0 Å². The third kappa shape index (κ3) is 6.72. The van der Waals surface area contributed by atoms with Crippen LogP contribution in [0.1, 0.15) is 19.4 Å². The minimum Gasteiger partial charge on any atom is -0.370 e. The van der Waals surface area contributed by atoms with E-state index in [-0.39, 0.29) is 24.2 Å². The Morgan fingerprint density at radius 3 is 2.85 bits per heavy atom. The highest BCUT2D eigenvalue weighted by Crippen LogP contribution is 2.03. The van der Waals surface area contributed by atoms with Crippen LogP contribution in [0.4, 0.5) is 4.39 Å². The van der Waals surface area contributed by atoms with E-state index in [4.69, 9.17) is 5.73 Å². The van der Waals surface area contributed by atoms with E-state index in [1.54, 1.807) is 12.1 Å². The maximum absolute atomic E-state index is 12.9. The van der Waals surface area contributed by atoms with Gasteiger partial charge >= 0.3 is 0 Å². The van der Waals surface area contributed by atoms with E-state index in [1.165, 1.54) is 12.1 Å². The highest BCUT2D eigenvalue weighted by Gasteiger charge is 2.03. The number of halogens is 1. The fraction of sp³-hybridized carbons (Fsp3) is 0.429. The molecule has 0 fully saturated rings. The van der Waals surface area contributed by atoms with Crippen molar-refractivity contribution in [1.29, 1.82) is 0 Å². The largest absolute Gasteiger partial charge is 0.370 e. The molecule has 0 radical (unpaired) electrons. The van der Waals surface area contributed by atoms with Crippen LogP contribution in [0.5, 0.6) is 0 Å². The van der Waals surface area contributed by atoms with Crippen molar-refractivity contribution in [1.82, 2.24) is 10.6 Å². The molecule has 0 aliphatic rings. The summed E-state index contributed by atoms with van der Waals surface area (Å²) in [6.45, 7) is 4.72. The zero-order valence-corrected chi connectivity index (χ0v) is 11.8. The van der Waals surface area contributed by atoms with Gasteiger partial charge in [0, 0.05) is 12.6 Å². The Balaban J connectivity index is 2.27. The summed E-state index contributed by atoms with van der Waals surface area (Å²) in [6, 6.07) is 6.22. The van der Waals surface area contributed by atoms with Crippen LogP contribution in [0.15, 0.2) is 29.3 Å². The Kier molecular flexibility index (Phi) is 6.49. The lowest BCUT2D eigenvalue weighted by molar-refractivity contribution is -0.120. The second-order valence-corrected chi connectivity index (χ2v) is 4.72. The lowest BCUT2D eigenvalue weighted by atomic mass is 10.1. The average Bonchev–Trinajstić information content (AvgIpc) is 2.34. The van der Waals surface area contributed by atoms with Crippen LogP contribution in [0.25, 0.3) is 0 Å². The monoisotopic (exact) mass is 280 g/mol. The third-order valence-electron chi connectivity index (χ3n) is 2.41. The van der Waals surface area contributed by atoms with Gasteiger partial charge in [0.15, 0.2) is 5.96 Å². The number of amides is 1. The van der Waals surface area contributed by atoms with E-state index in [0.29, 0.717) is 24.6 Å². The third-order valence-corrected chi connectivity index (χ3v) is 2.41. The topological polar surface area (TPSA) is 79.5 Å². The first-order valence-corrected chi connectivity index (χ1v) is 6.55. The molecule has 20 heavy (non-hydrogen) atoms. The maximum Gasteiger partial charge on any atom is 0.224 e. The molecule has 110 valence electrons. The first kappa shape index (κ1) is 15.9. The molecule has 1 rings (SSSR count). The van der Waals surface area contributed by atoms with Crippen molar-refractivity contribution in [2.24, 2.45) is 10.7 Å². The average molecular weight is 280 g/mol. The molecule has 0 atom stereocenters. The smallest absolute Gasteiger partial charge is 0.224 e. The molecule has 5 nitrogen and oxygen atoms in total. The molecule has 0 aromatic heterocycles. The van der Waals surface area contributed by atoms with Crippen molar-refractivity contribution in [2.45, 2.75) is 26.3 Å². The van der Waals surface area contributed by atoms with E-state index < -0.39 is 0 Å². The Hall–Kier alpha value is -2.11. The molecule has 1 amide bonds. The van der Waals surface area contributed by atoms with Crippen LogP contribution in [0, 0.1) is 5.82 Å². The normalized spacial score (nSPS) is 11.5. The highest BCUT2D eigenvalue weighted by atomic mass is 19.1. The number of carbonyl (C=O) groups is 1. The Morgan fingerprint density at radius 2 is 2.20 bits per heavy atom. The second kappa shape index (κ2) is 8.14. The summed E-state index contributed by atoms with van der Waals surface area (Å²) >= 11 is 0. The minimum atomic E-state index is -0.340. The van der Waals surface area contributed by atoms with Gasteiger partial charge in [-0.05, 0) is 31.5 Å². The number of nitrogens with one attached hydrogen (secondary N) is 2. The fourth-order valence-electron chi connectivity index (χ4n) is 1.61. The Morgan fingerprint density at radius 1 is 1.45 bits per heavy atom. The second-order valence-electron chi connectivity index (χ2n) is 4.72. The van der Waals surface area contributed by atoms with Gasteiger partial charge in [0.1, 0.15) is 5.82 Å². The lowest BCUT2D eigenvalue weighted by Gasteiger charge is -2.08. The van der Waals surface area contributed by atoms with Gasteiger partial charge in [0.25, 0.3) is 0 Å². The van der Waals surface area contributed by atoms with E-state index in [2.05, 4.69) is 15.6 Å². The molecule has 0 saturated carbocycles. The lowest BCUT2D eigenvalue weighted by Crippen LogP contribution is -2.37. The van der Waals surface area contributed by atoms with Gasteiger partial charge in [-0.3, -0.25) is 9.79 Å². The summed E-state index contributed by atoms with van der Waals surface area (Å²) in [5.41, 5.74) is 6.26. The van der Waals surface area contributed by atoms with Crippen molar-refractivity contribution < 1.29 is 9.18 Å². The number of hydrogen-bond acceptors (Lipinski definition) is 2. The van der Waals surface area contributed by atoms with Crippen molar-refractivity contribution in [2.75, 3.05) is 13.1 Å². The van der Waals surface area contributed by atoms with Gasteiger partial charge in [-0.15, -0.1) is 0 Å². The predicted octanol–water partition coefficient (Wildman–Crippen LogP) is 0.797. The summed E-state index contributed by atoms with van der Waals surface area (Å²) in [5.74, 6) is -0.145. The number of aliphatic imine (C=N–C) groups is 1. The minimum absolute atomic E-state index is 0.154. The quantitative estimate of drug-likeness (QED) is 0.409. The van der Waals surface area contributed by atoms with Crippen LogP contribution in [-0.4, -0.2) is 31.0 Å². The first-order chi connectivity index (χ1) is 9.47. The molecule has 1 aromatic rings. The molecule has 0 aliphatic heterocycles. The van der Waals surface area contributed by atoms with Crippen LogP contribution in [0.2, 0.25) is 0 Å². The predicted molar refractivity (Wildman–Crippen MR) is 77.9 cm³/mol. The van der Waals surface area contributed by atoms with E-state index in [1.807, 2.05) is 13.8 Å². The van der Waals surface area contributed by atoms with Crippen LogP contribution >= 0.6 is 0 Å². The summed E-state index contributed by atoms with van der Waals surface area (Å²) in [4.78, 5) is 15.7. The van der Waals surface area contributed by atoms with Crippen molar-refractivity contribution in [3.63, 3.8) is 0 Å².